The Kier molecular flexibility index (Phi) is 9.71. The number of alkyl carbamates (subject to hydrolysis) is 1. The van der Waals surface area contributed by atoms with Gasteiger partial charge in [-0.25, -0.2) is 4.79 Å². The Morgan fingerprint density at radius 1 is 0.833 bits per heavy atom. The van der Waals surface area contributed by atoms with Crippen molar-refractivity contribution in [3.63, 3.8) is 0 Å². The van der Waals surface area contributed by atoms with Crippen LogP contribution in [0.4, 0.5) is 4.79 Å². The number of halogens is 1. The summed E-state index contributed by atoms with van der Waals surface area (Å²) in [7, 11) is 1.50. The highest BCUT2D eigenvalue weighted by molar-refractivity contribution is 6.32. The first-order valence-electron chi connectivity index (χ1n) is 11.3. The minimum atomic E-state index is -1.03. The number of rotatable bonds is 11. The van der Waals surface area contributed by atoms with Gasteiger partial charge in [-0.2, -0.15) is 0 Å². The second-order valence-corrected chi connectivity index (χ2v) is 8.49. The monoisotopic (exact) mass is 509 g/mol. The van der Waals surface area contributed by atoms with Crippen molar-refractivity contribution in [1.82, 2.24) is 10.6 Å². The number of primary amides is 1. The van der Waals surface area contributed by atoms with Crippen molar-refractivity contribution < 1.29 is 23.9 Å². The van der Waals surface area contributed by atoms with Crippen LogP contribution in [-0.2, 0) is 33.8 Å². The zero-order valence-electron chi connectivity index (χ0n) is 19.8. The van der Waals surface area contributed by atoms with Crippen LogP contribution in [0, 0.1) is 0 Å². The van der Waals surface area contributed by atoms with Crippen molar-refractivity contribution >= 4 is 29.5 Å². The van der Waals surface area contributed by atoms with Gasteiger partial charge in [-0.1, -0.05) is 78.3 Å². The summed E-state index contributed by atoms with van der Waals surface area (Å²) in [5.74, 6) is -0.805. The van der Waals surface area contributed by atoms with E-state index in [1.165, 1.54) is 7.11 Å². The molecule has 0 aliphatic carbocycles. The smallest absolute Gasteiger partial charge is 0.408 e. The van der Waals surface area contributed by atoms with Gasteiger partial charge in [0.15, 0.2) is 0 Å². The molecule has 0 saturated heterocycles. The first-order chi connectivity index (χ1) is 17.4. The van der Waals surface area contributed by atoms with E-state index in [0.717, 1.165) is 11.1 Å². The predicted molar refractivity (Wildman–Crippen MR) is 137 cm³/mol. The molecule has 0 aromatic heterocycles. The molecule has 0 saturated carbocycles. The van der Waals surface area contributed by atoms with Gasteiger partial charge >= 0.3 is 6.09 Å². The van der Waals surface area contributed by atoms with Crippen LogP contribution in [0.3, 0.4) is 0 Å². The summed E-state index contributed by atoms with van der Waals surface area (Å²) in [4.78, 5) is 37.8. The molecule has 0 spiro atoms. The highest BCUT2D eigenvalue weighted by Gasteiger charge is 2.27. The molecule has 4 N–H and O–H groups in total. The van der Waals surface area contributed by atoms with Gasteiger partial charge in [0.25, 0.3) is 0 Å². The van der Waals surface area contributed by atoms with Gasteiger partial charge < -0.3 is 25.8 Å². The Labute approximate surface area is 214 Å². The lowest BCUT2D eigenvalue weighted by molar-refractivity contribution is -0.128. The van der Waals surface area contributed by atoms with Gasteiger partial charge in [-0.05, 0) is 28.8 Å². The minimum Gasteiger partial charge on any atom is -0.495 e. The molecule has 3 aromatic carbocycles. The van der Waals surface area contributed by atoms with Crippen molar-refractivity contribution in [3.8, 4) is 5.75 Å². The fourth-order valence-corrected chi connectivity index (χ4v) is 3.81. The Bertz CT molecular complexity index is 1170. The lowest BCUT2D eigenvalue weighted by Gasteiger charge is -2.22. The SMILES string of the molecule is COc1ccc(C[C@H](NC(=O)[C@@H](Cc2ccccc2)NC(=O)OCc2ccccc2)C(N)=O)cc1Cl. The third kappa shape index (κ3) is 8.02. The summed E-state index contributed by atoms with van der Waals surface area (Å²) in [5, 5.41) is 5.63. The molecule has 8 nitrogen and oxygen atoms in total. The van der Waals surface area contributed by atoms with Crippen molar-refractivity contribution in [3.05, 3.63) is 101 Å². The number of hydrogen-bond donors (Lipinski definition) is 3. The normalized spacial score (nSPS) is 12.2. The molecule has 9 heteroatoms. The first kappa shape index (κ1) is 26.6. The van der Waals surface area contributed by atoms with Crippen molar-refractivity contribution in [2.75, 3.05) is 7.11 Å². The number of hydrogen-bond acceptors (Lipinski definition) is 5. The molecule has 0 aliphatic rings. The number of benzene rings is 3. The number of carbonyl (C=O) groups excluding carboxylic acids is 3. The Morgan fingerprint density at radius 3 is 2.03 bits per heavy atom. The Morgan fingerprint density at radius 2 is 1.44 bits per heavy atom. The minimum absolute atomic E-state index is 0.0501. The first-order valence-corrected chi connectivity index (χ1v) is 11.7. The van der Waals surface area contributed by atoms with Crippen LogP contribution in [0.25, 0.3) is 0 Å². The van der Waals surface area contributed by atoms with Crippen LogP contribution in [0.15, 0.2) is 78.9 Å². The highest BCUT2D eigenvalue weighted by Crippen LogP contribution is 2.25. The van der Waals surface area contributed by atoms with Crippen LogP contribution in [-0.4, -0.2) is 37.1 Å². The number of amides is 3. The molecule has 0 fully saturated rings. The van der Waals surface area contributed by atoms with Crippen LogP contribution < -0.4 is 21.1 Å². The third-order valence-electron chi connectivity index (χ3n) is 5.42. The van der Waals surface area contributed by atoms with Gasteiger partial charge in [-0.15, -0.1) is 0 Å². The summed E-state index contributed by atoms with van der Waals surface area (Å²) in [6.45, 7) is 0.0501. The molecular weight excluding hydrogens is 482 g/mol. The zero-order valence-corrected chi connectivity index (χ0v) is 20.5. The fraction of sp³-hybridized carbons (Fsp3) is 0.222. The van der Waals surface area contributed by atoms with Crippen LogP contribution in [0.5, 0.6) is 5.75 Å². The molecular formula is C27H28ClN3O5. The van der Waals surface area contributed by atoms with E-state index in [2.05, 4.69) is 10.6 Å². The summed E-state index contributed by atoms with van der Waals surface area (Å²) < 4.78 is 10.4. The maximum absolute atomic E-state index is 13.2. The standard InChI is InChI=1S/C27H28ClN3O5/c1-35-24-13-12-20(14-21(24)28)16-22(25(29)32)30-26(33)23(15-18-8-4-2-5-9-18)31-27(34)36-17-19-10-6-3-7-11-19/h2-14,22-23H,15-17H2,1H3,(H2,29,32)(H,30,33)(H,31,34)/t22-,23+/m0/s1. The van der Waals surface area contributed by atoms with Gasteiger partial charge in [0.05, 0.1) is 12.1 Å². The second kappa shape index (κ2) is 13.2. The molecule has 0 bridgehead atoms. The van der Waals surface area contributed by atoms with Crippen molar-refractivity contribution in [2.24, 2.45) is 5.73 Å². The van der Waals surface area contributed by atoms with E-state index in [4.69, 9.17) is 26.8 Å². The lowest BCUT2D eigenvalue weighted by atomic mass is 10.0. The molecule has 3 amide bonds. The number of nitrogens with one attached hydrogen (secondary N) is 2. The van der Waals surface area contributed by atoms with E-state index in [9.17, 15) is 14.4 Å². The fourth-order valence-electron chi connectivity index (χ4n) is 3.53. The van der Waals surface area contributed by atoms with E-state index < -0.39 is 30.0 Å². The quantitative estimate of drug-likeness (QED) is 0.366. The van der Waals surface area contributed by atoms with Crippen molar-refractivity contribution in [2.45, 2.75) is 31.5 Å². The van der Waals surface area contributed by atoms with Gasteiger partial charge in [-0.3, -0.25) is 9.59 Å². The molecule has 0 aliphatic heterocycles. The third-order valence-corrected chi connectivity index (χ3v) is 5.72. The van der Waals surface area contributed by atoms with Gasteiger partial charge in [0.1, 0.15) is 24.4 Å². The largest absolute Gasteiger partial charge is 0.495 e. The van der Waals surface area contributed by atoms with E-state index in [1.807, 2.05) is 60.7 Å². The molecule has 0 unspecified atom stereocenters. The lowest BCUT2D eigenvalue weighted by Crippen LogP contribution is -2.54. The summed E-state index contributed by atoms with van der Waals surface area (Å²) in [6, 6.07) is 21.4. The molecule has 3 aromatic rings. The Hall–Kier alpha value is -4.04. The van der Waals surface area contributed by atoms with Crippen LogP contribution >= 0.6 is 11.6 Å². The van der Waals surface area contributed by atoms with E-state index in [1.54, 1.807) is 18.2 Å². The predicted octanol–water partition coefficient (Wildman–Crippen LogP) is 3.40. The molecule has 0 radical (unpaired) electrons. The molecule has 188 valence electrons. The molecule has 0 heterocycles. The number of nitrogens with two attached hydrogens (primary N) is 1. The van der Waals surface area contributed by atoms with Crippen molar-refractivity contribution in [1.29, 1.82) is 0 Å². The average molecular weight is 510 g/mol. The zero-order chi connectivity index (χ0) is 25.9. The van der Waals surface area contributed by atoms with E-state index in [0.29, 0.717) is 16.3 Å². The number of carbonyl (C=O) groups is 3. The van der Waals surface area contributed by atoms with E-state index in [-0.39, 0.29) is 19.4 Å². The maximum atomic E-state index is 13.2. The number of methoxy groups -OCH3 is 1. The second-order valence-electron chi connectivity index (χ2n) is 8.08. The number of ether oxygens (including phenoxy) is 2. The maximum Gasteiger partial charge on any atom is 0.408 e. The summed E-state index contributed by atoms with van der Waals surface area (Å²) in [5.41, 5.74) is 7.88. The van der Waals surface area contributed by atoms with Crippen LogP contribution in [0.1, 0.15) is 16.7 Å². The summed E-state index contributed by atoms with van der Waals surface area (Å²) >= 11 is 6.18. The molecule has 3 rings (SSSR count). The van der Waals surface area contributed by atoms with E-state index >= 15 is 0 Å². The average Bonchev–Trinajstić information content (AvgIpc) is 2.88. The molecule has 36 heavy (non-hydrogen) atoms. The Balaban J connectivity index is 1.70. The molecule has 2 atom stereocenters. The van der Waals surface area contributed by atoms with Gasteiger partial charge in [0.2, 0.25) is 11.8 Å². The topological polar surface area (TPSA) is 120 Å². The van der Waals surface area contributed by atoms with Crippen LogP contribution in [0.2, 0.25) is 5.02 Å². The highest BCUT2D eigenvalue weighted by atomic mass is 35.5. The summed E-state index contributed by atoms with van der Waals surface area (Å²) in [6.07, 6.45) is -0.457. The van der Waals surface area contributed by atoms with Gasteiger partial charge in [0, 0.05) is 12.8 Å².